The van der Waals surface area contributed by atoms with Crippen molar-refractivity contribution in [3.05, 3.63) is 35.5 Å². The molecule has 1 saturated carbocycles. The molecule has 0 unspecified atom stereocenters. The Morgan fingerprint density at radius 2 is 1.79 bits per heavy atom. The summed E-state index contributed by atoms with van der Waals surface area (Å²) in [6.07, 6.45) is 16.3. The Balaban J connectivity index is 0.000000861. The number of ketones is 1. The second-order valence-electron chi connectivity index (χ2n) is 5.27. The van der Waals surface area contributed by atoms with E-state index in [1.807, 2.05) is 13.8 Å². The third-order valence-corrected chi connectivity index (χ3v) is 3.82. The standard InChI is InChI=1S/C16H22O.C2H6/c1-13-6-5-7-14(11-10-13)12-16(17)15-8-3-2-4-9-15;1-2/h6-7,10-11,15H,2-5,8-9,12H2,1H3;1-2H3. The smallest absolute Gasteiger partial charge is 0.140 e. The first kappa shape index (κ1) is 15.9. The summed E-state index contributed by atoms with van der Waals surface area (Å²) in [5.74, 6) is 0.801. The van der Waals surface area contributed by atoms with E-state index in [0.717, 1.165) is 19.3 Å². The lowest BCUT2D eigenvalue weighted by Crippen LogP contribution is -2.17. The Bertz CT molecular complexity index is 365. The van der Waals surface area contributed by atoms with Crippen molar-refractivity contribution in [2.45, 2.75) is 65.7 Å². The molecule has 2 aliphatic rings. The molecule has 0 aromatic rings. The SMILES string of the molecule is CC.CC1=CCC=C(CC(=O)C2CCCCC2)C=C1. The van der Waals surface area contributed by atoms with Crippen LogP contribution in [0.3, 0.4) is 0 Å². The highest BCUT2D eigenvalue weighted by Crippen LogP contribution is 2.27. The minimum Gasteiger partial charge on any atom is -0.299 e. The predicted octanol–water partition coefficient (Wildman–Crippen LogP) is 5.38. The fraction of sp³-hybridized carbons (Fsp3) is 0.611. The summed E-state index contributed by atoms with van der Waals surface area (Å²) in [6, 6.07) is 0. The molecule has 0 amide bonds. The largest absolute Gasteiger partial charge is 0.299 e. The van der Waals surface area contributed by atoms with E-state index in [1.54, 1.807) is 0 Å². The van der Waals surface area contributed by atoms with Crippen molar-refractivity contribution in [3.8, 4) is 0 Å². The van der Waals surface area contributed by atoms with Crippen LogP contribution in [0.25, 0.3) is 0 Å². The third-order valence-electron chi connectivity index (χ3n) is 3.82. The van der Waals surface area contributed by atoms with Crippen LogP contribution in [-0.2, 0) is 4.79 Å². The summed E-state index contributed by atoms with van der Waals surface area (Å²) < 4.78 is 0. The Kier molecular flexibility index (Phi) is 7.47. The maximum atomic E-state index is 12.2. The molecular formula is C18H28O. The fourth-order valence-electron chi connectivity index (χ4n) is 2.67. The van der Waals surface area contributed by atoms with Crippen LogP contribution in [0, 0.1) is 5.92 Å². The highest BCUT2D eigenvalue weighted by atomic mass is 16.1. The Hall–Kier alpha value is -1.11. The van der Waals surface area contributed by atoms with Crippen molar-refractivity contribution >= 4 is 5.78 Å². The van der Waals surface area contributed by atoms with Gasteiger partial charge in [-0.3, -0.25) is 4.79 Å². The monoisotopic (exact) mass is 260 g/mol. The zero-order chi connectivity index (χ0) is 14.1. The van der Waals surface area contributed by atoms with Gasteiger partial charge in [0.15, 0.2) is 0 Å². The highest BCUT2D eigenvalue weighted by molar-refractivity contribution is 5.83. The van der Waals surface area contributed by atoms with Crippen molar-refractivity contribution in [2.24, 2.45) is 5.92 Å². The van der Waals surface area contributed by atoms with E-state index in [0.29, 0.717) is 18.1 Å². The Morgan fingerprint density at radius 1 is 1.11 bits per heavy atom. The van der Waals surface area contributed by atoms with Crippen molar-refractivity contribution in [1.82, 2.24) is 0 Å². The van der Waals surface area contributed by atoms with Gasteiger partial charge in [-0.25, -0.2) is 0 Å². The topological polar surface area (TPSA) is 17.1 Å². The van der Waals surface area contributed by atoms with Crippen LogP contribution in [0.5, 0.6) is 0 Å². The molecule has 0 atom stereocenters. The van der Waals surface area contributed by atoms with E-state index in [9.17, 15) is 4.79 Å². The van der Waals surface area contributed by atoms with Gasteiger partial charge in [-0.05, 0) is 31.8 Å². The van der Waals surface area contributed by atoms with Crippen molar-refractivity contribution in [3.63, 3.8) is 0 Å². The molecule has 0 spiro atoms. The molecule has 0 aromatic carbocycles. The van der Waals surface area contributed by atoms with Gasteiger partial charge in [0.25, 0.3) is 0 Å². The molecule has 0 aliphatic heterocycles. The highest BCUT2D eigenvalue weighted by Gasteiger charge is 2.21. The number of allylic oxidation sites excluding steroid dienone is 6. The predicted molar refractivity (Wildman–Crippen MR) is 83.1 cm³/mol. The quantitative estimate of drug-likeness (QED) is 0.665. The van der Waals surface area contributed by atoms with Gasteiger partial charge < -0.3 is 0 Å². The molecule has 0 saturated heterocycles. The van der Waals surface area contributed by atoms with Gasteiger partial charge in [0.2, 0.25) is 0 Å². The van der Waals surface area contributed by atoms with Crippen LogP contribution >= 0.6 is 0 Å². The van der Waals surface area contributed by atoms with E-state index in [1.165, 1.54) is 30.4 Å². The van der Waals surface area contributed by atoms with E-state index < -0.39 is 0 Å². The number of Topliss-reactive ketones (excluding diaryl/α,β-unsaturated/α-hetero) is 1. The number of rotatable bonds is 3. The summed E-state index contributed by atoms with van der Waals surface area (Å²) >= 11 is 0. The maximum absolute atomic E-state index is 12.2. The maximum Gasteiger partial charge on any atom is 0.140 e. The molecule has 2 aliphatic carbocycles. The first-order valence-electron chi connectivity index (χ1n) is 7.82. The first-order chi connectivity index (χ1) is 9.25. The van der Waals surface area contributed by atoms with Gasteiger partial charge in [-0.2, -0.15) is 0 Å². The summed E-state index contributed by atoms with van der Waals surface area (Å²) in [5.41, 5.74) is 2.50. The van der Waals surface area contributed by atoms with Crippen LogP contribution in [0.15, 0.2) is 35.5 Å². The molecule has 1 heteroatoms. The van der Waals surface area contributed by atoms with Gasteiger partial charge in [0, 0.05) is 12.3 Å². The minimum atomic E-state index is 0.343. The van der Waals surface area contributed by atoms with Crippen LogP contribution < -0.4 is 0 Å². The van der Waals surface area contributed by atoms with Crippen LogP contribution in [0.1, 0.15) is 65.7 Å². The summed E-state index contributed by atoms with van der Waals surface area (Å²) in [5, 5.41) is 0. The van der Waals surface area contributed by atoms with Crippen molar-refractivity contribution in [2.75, 3.05) is 0 Å². The third kappa shape index (κ3) is 5.59. The van der Waals surface area contributed by atoms with E-state index in [-0.39, 0.29) is 0 Å². The van der Waals surface area contributed by atoms with Gasteiger partial charge in [0.05, 0.1) is 0 Å². The summed E-state index contributed by atoms with van der Waals surface area (Å²) in [6.45, 7) is 6.11. The lowest BCUT2D eigenvalue weighted by molar-refractivity contribution is -0.123. The molecule has 0 aromatic heterocycles. The van der Waals surface area contributed by atoms with Gasteiger partial charge in [0.1, 0.15) is 5.78 Å². The number of carbonyl (C=O) groups excluding carboxylic acids is 1. The van der Waals surface area contributed by atoms with E-state index in [2.05, 4.69) is 31.2 Å². The van der Waals surface area contributed by atoms with Crippen LogP contribution in [-0.4, -0.2) is 5.78 Å². The lowest BCUT2D eigenvalue weighted by Gasteiger charge is -2.20. The first-order valence-corrected chi connectivity index (χ1v) is 7.82. The molecule has 2 rings (SSSR count). The van der Waals surface area contributed by atoms with E-state index in [4.69, 9.17) is 0 Å². The molecule has 106 valence electrons. The van der Waals surface area contributed by atoms with Crippen molar-refractivity contribution < 1.29 is 4.79 Å². The average Bonchev–Trinajstić information content (AvgIpc) is 2.67. The summed E-state index contributed by atoms with van der Waals surface area (Å²) in [4.78, 5) is 12.2. The van der Waals surface area contributed by atoms with Gasteiger partial charge in [-0.1, -0.05) is 63.0 Å². The second-order valence-corrected chi connectivity index (χ2v) is 5.27. The van der Waals surface area contributed by atoms with Gasteiger partial charge in [-0.15, -0.1) is 0 Å². The second kappa shape index (κ2) is 8.90. The van der Waals surface area contributed by atoms with Crippen LogP contribution in [0.4, 0.5) is 0 Å². The zero-order valence-electron chi connectivity index (χ0n) is 12.7. The summed E-state index contributed by atoms with van der Waals surface area (Å²) in [7, 11) is 0. The minimum absolute atomic E-state index is 0.343. The van der Waals surface area contributed by atoms with E-state index >= 15 is 0 Å². The molecule has 0 heterocycles. The fourth-order valence-corrected chi connectivity index (χ4v) is 2.67. The number of hydrogen-bond acceptors (Lipinski definition) is 1. The number of carbonyl (C=O) groups is 1. The lowest BCUT2D eigenvalue weighted by atomic mass is 9.84. The average molecular weight is 260 g/mol. The van der Waals surface area contributed by atoms with Crippen LogP contribution in [0.2, 0.25) is 0 Å². The molecule has 0 radical (unpaired) electrons. The Morgan fingerprint density at radius 3 is 2.47 bits per heavy atom. The van der Waals surface area contributed by atoms with Gasteiger partial charge >= 0.3 is 0 Å². The Labute approximate surface area is 118 Å². The molecule has 0 bridgehead atoms. The van der Waals surface area contributed by atoms with Crippen molar-refractivity contribution in [1.29, 1.82) is 0 Å². The molecular weight excluding hydrogens is 232 g/mol. The molecule has 1 nitrogen and oxygen atoms in total. The number of hydrogen-bond donors (Lipinski definition) is 0. The zero-order valence-corrected chi connectivity index (χ0v) is 12.7. The molecule has 0 N–H and O–H groups in total. The molecule has 1 fully saturated rings. The normalized spacial score (nSPS) is 19.7. The molecule has 19 heavy (non-hydrogen) atoms.